The van der Waals surface area contributed by atoms with Crippen molar-refractivity contribution in [2.45, 2.75) is 24.2 Å². The van der Waals surface area contributed by atoms with Gasteiger partial charge in [-0.15, -0.1) is 0 Å². The van der Waals surface area contributed by atoms with E-state index >= 15 is 0 Å². The zero-order valence-electron chi connectivity index (χ0n) is 12.4. The average Bonchev–Trinajstić information content (AvgIpc) is 2.47. The molecule has 0 bridgehead atoms. The molecule has 0 aromatic heterocycles. The summed E-state index contributed by atoms with van der Waals surface area (Å²) in [4.78, 5) is -0.498. The van der Waals surface area contributed by atoms with Crippen molar-refractivity contribution in [3.63, 3.8) is 0 Å². The van der Waals surface area contributed by atoms with Crippen LogP contribution in [0.5, 0.6) is 0 Å². The number of aryl methyl sites for hydroxylation is 1. The molecule has 0 unspecified atom stereocenters. The highest BCUT2D eigenvalue weighted by Crippen LogP contribution is 2.40. The van der Waals surface area contributed by atoms with Crippen LogP contribution >= 0.6 is 11.8 Å². The van der Waals surface area contributed by atoms with Gasteiger partial charge in [-0.1, -0.05) is 41.6 Å². The summed E-state index contributed by atoms with van der Waals surface area (Å²) in [6.45, 7) is 1.82. The number of alkyl halides is 6. The van der Waals surface area contributed by atoms with Crippen molar-refractivity contribution in [2.24, 2.45) is 0 Å². The van der Waals surface area contributed by atoms with Crippen molar-refractivity contribution < 1.29 is 26.3 Å². The van der Waals surface area contributed by atoms with E-state index in [1.807, 2.05) is 6.92 Å². The molecule has 0 spiro atoms. The Balaban J connectivity index is 2.30. The normalized spacial score (nSPS) is 13.2. The fourth-order valence-electron chi connectivity index (χ4n) is 1.82. The summed E-state index contributed by atoms with van der Waals surface area (Å²) in [5.74, 6) is 0. The third-order valence-electron chi connectivity index (χ3n) is 3.06. The molecule has 24 heavy (non-hydrogen) atoms. The van der Waals surface area contributed by atoms with E-state index < -0.39 is 22.8 Å². The van der Waals surface area contributed by atoms with Crippen molar-refractivity contribution in [1.82, 2.24) is 0 Å². The second kappa shape index (κ2) is 6.93. The highest BCUT2D eigenvalue weighted by Gasteiger charge is 2.34. The molecule has 0 heterocycles. The van der Waals surface area contributed by atoms with Crippen molar-refractivity contribution in [2.75, 3.05) is 0 Å². The van der Waals surface area contributed by atoms with Crippen LogP contribution in [-0.4, -0.2) is 6.18 Å². The Labute approximate surface area is 139 Å². The minimum atomic E-state index is -4.60. The fraction of sp³-hybridized carbons (Fsp3) is 0.176. The van der Waals surface area contributed by atoms with Gasteiger partial charge >= 0.3 is 12.4 Å². The lowest BCUT2D eigenvalue weighted by Gasteiger charge is -2.12. The third kappa shape index (κ3) is 5.06. The van der Waals surface area contributed by atoms with Gasteiger partial charge < -0.3 is 0 Å². The van der Waals surface area contributed by atoms with Crippen LogP contribution in [0.3, 0.4) is 0 Å². The van der Waals surface area contributed by atoms with Crippen LogP contribution in [0.2, 0.25) is 0 Å². The second-order valence-electron chi connectivity index (χ2n) is 5.04. The Hall–Kier alpha value is -1.89. The number of thioether (sulfide) groups is 1. The summed E-state index contributed by atoms with van der Waals surface area (Å²) in [6.07, 6.45) is -8.28. The maximum absolute atomic E-state index is 13.2. The summed E-state index contributed by atoms with van der Waals surface area (Å²) < 4.78 is 77.0. The van der Waals surface area contributed by atoms with Crippen molar-refractivity contribution in [3.05, 3.63) is 70.1 Å². The van der Waals surface area contributed by atoms with E-state index in [-0.39, 0.29) is 5.56 Å². The first-order valence-electron chi connectivity index (χ1n) is 6.76. The van der Waals surface area contributed by atoms with E-state index in [1.165, 1.54) is 0 Å². The van der Waals surface area contributed by atoms with Crippen LogP contribution in [0, 0.1) is 6.92 Å². The number of rotatable bonds is 3. The third-order valence-corrected chi connectivity index (χ3v) is 4.14. The van der Waals surface area contributed by atoms with Gasteiger partial charge in [-0.25, -0.2) is 0 Å². The lowest BCUT2D eigenvalue weighted by Crippen LogP contribution is -2.09. The molecule has 0 atom stereocenters. The van der Waals surface area contributed by atoms with Gasteiger partial charge in [0.1, 0.15) is 0 Å². The molecular formula is C17H12F6S. The maximum Gasteiger partial charge on any atom is 0.422 e. The van der Waals surface area contributed by atoms with Gasteiger partial charge in [0.2, 0.25) is 0 Å². The highest BCUT2D eigenvalue weighted by atomic mass is 32.2. The SMILES string of the molecule is Cc1ccc(SC(=Cc2ccc(C(F)(F)F)cc2)C(F)(F)F)cc1. The molecule has 7 heteroatoms. The number of halogens is 6. The summed E-state index contributed by atoms with van der Waals surface area (Å²) in [7, 11) is 0. The topological polar surface area (TPSA) is 0 Å². The van der Waals surface area contributed by atoms with Gasteiger partial charge in [-0.05, 0) is 42.8 Å². The molecule has 0 aliphatic carbocycles. The molecule has 0 N–H and O–H groups in total. The number of hydrogen-bond donors (Lipinski definition) is 0. The van der Waals surface area contributed by atoms with Crippen LogP contribution in [0.4, 0.5) is 26.3 Å². The average molecular weight is 362 g/mol. The van der Waals surface area contributed by atoms with Crippen LogP contribution in [0.15, 0.2) is 58.3 Å². The molecule has 0 aliphatic rings. The predicted octanol–water partition coefficient (Wildman–Crippen LogP) is 6.71. The standard InChI is InChI=1S/C17H12F6S/c1-11-2-8-14(9-3-11)24-15(17(21,22)23)10-12-4-6-13(7-5-12)16(18,19)20/h2-10H,1H3. The minimum Gasteiger partial charge on any atom is -0.166 e. The van der Waals surface area contributed by atoms with Crippen molar-refractivity contribution in [1.29, 1.82) is 0 Å². The largest absolute Gasteiger partial charge is 0.422 e. The summed E-state index contributed by atoms with van der Waals surface area (Å²) >= 11 is 0.523. The second-order valence-corrected chi connectivity index (χ2v) is 6.16. The molecule has 2 aromatic carbocycles. The Kier molecular flexibility index (Phi) is 5.32. The summed E-state index contributed by atoms with van der Waals surface area (Å²) in [6, 6.07) is 10.1. The predicted molar refractivity (Wildman–Crippen MR) is 82.5 cm³/mol. The Morgan fingerprint density at radius 2 is 1.38 bits per heavy atom. The van der Waals surface area contributed by atoms with Gasteiger partial charge in [0.05, 0.1) is 10.5 Å². The zero-order chi connectivity index (χ0) is 18.0. The minimum absolute atomic E-state index is 0.0509. The van der Waals surface area contributed by atoms with Gasteiger partial charge in [-0.3, -0.25) is 0 Å². The van der Waals surface area contributed by atoms with Gasteiger partial charge in [0.25, 0.3) is 0 Å². The molecular weight excluding hydrogens is 350 g/mol. The fourth-order valence-corrected chi connectivity index (χ4v) is 2.66. The first-order chi connectivity index (χ1) is 11.1. The first kappa shape index (κ1) is 18.4. The van der Waals surface area contributed by atoms with Crippen LogP contribution in [-0.2, 0) is 6.18 Å². The molecule has 0 amide bonds. The van der Waals surface area contributed by atoms with E-state index in [1.54, 1.807) is 24.3 Å². The number of benzene rings is 2. The summed E-state index contributed by atoms with van der Waals surface area (Å²) in [5.41, 5.74) is 0.0639. The van der Waals surface area contributed by atoms with Crippen molar-refractivity contribution >= 4 is 17.8 Å². The maximum atomic E-state index is 13.2. The summed E-state index contributed by atoms with van der Waals surface area (Å²) in [5, 5.41) is 0. The Morgan fingerprint density at radius 3 is 1.83 bits per heavy atom. The Morgan fingerprint density at radius 1 is 0.833 bits per heavy atom. The van der Waals surface area contributed by atoms with E-state index in [0.717, 1.165) is 35.9 Å². The molecule has 2 rings (SSSR count). The van der Waals surface area contributed by atoms with Crippen molar-refractivity contribution in [3.8, 4) is 0 Å². The van der Waals surface area contributed by atoms with E-state index in [0.29, 0.717) is 16.7 Å². The zero-order valence-corrected chi connectivity index (χ0v) is 13.2. The number of hydrogen-bond acceptors (Lipinski definition) is 1. The molecule has 128 valence electrons. The van der Waals surface area contributed by atoms with Gasteiger partial charge in [0, 0.05) is 4.90 Å². The Bertz CT molecular complexity index is 709. The molecule has 0 aliphatic heterocycles. The van der Waals surface area contributed by atoms with E-state index in [2.05, 4.69) is 0 Å². The molecule has 2 aromatic rings. The monoisotopic (exact) mass is 362 g/mol. The quantitative estimate of drug-likeness (QED) is 0.432. The molecule has 0 saturated heterocycles. The lowest BCUT2D eigenvalue weighted by molar-refractivity contribution is -0.137. The van der Waals surface area contributed by atoms with Gasteiger partial charge in [-0.2, -0.15) is 26.3 Å². The lowest BCUT2D eigenvalue weighted by atomic mass is 10.1. The van der Waals surface area contributed by atoms with E-state index in [4.69, 9.17) is 0 Å². The molecule has 0 saturated carbocycles. The molecule has 0 fully saturated rings. The van der Waals surface area contributed by atoms with Crippen LogP contribution in [0.25, 0.3) is 6.08 Å². The highest BCUT2D eigenvalue weighted by molar-refractivity contribution is 8.03. The first-order valence-corrected chi connectivity index (χ1v) is 7.58. The van der Waals surface area contributed by atoms with Gasteiger partial charge in [0.15, 0.2) is 0 Å². The molecule has 0 radical (unpaired) electrons. The molecule has 0 nitrogen and oxygen atoms in total. The van der Waals surface area contributed by atoms with Crippen LogP contribution in [0.1, 0.15) is 16.7 Å². The van der Waals surface area contributed by atoms with E-state index in [9.17, 15) is 26.3 Å². The number of allylic oxidation sites excluding steroid dienone is 1. The smallest absolute Gasteiger partial charge is 0.166 e. The van der Waals surface area contributed by atoms with Crippen LogP contribution < -0.4 is 0 Å².